The van der Waals surface area contributed by atoms with Gasteiger partial charge in [0.15, 0.2) is 6.10 Å². The standard InChI is InChI=1S/C14H16N2O3/c1-10(19-12-5-2-4-11(15)8-12)14(17)16-9-13-6-3-7-18-13/h2-8,10H,9,15H2,1H3,(H,16,17)/t10-/m0/s1. The maximum absolute atomic E-state index is 11.8. The third kappa shape index (κ3) is 3.77. The number of nitrogens with one attached hydrogen (secondary N) is 1. The van der Waals surface area contributed by atoms with E-state index in [0.29, 0.717) is 23.7 Å². The second-order valence-corrected chi connectivity index (χ2v) is 4.13. The van der Waals surface area contributed by atoms with Crippen LogP contribution in [-0.2, 0) is 11.3 Å². The summed E-state index contributed by atoms with van der Waals surface area (Å²) in [5.41, 5.74) is 6.24. The molecule has 0 saturated heterocycles. The Labute approximate surface area is 111 Å². The van der Waals surface area contributed by atoms with Crippen LogP contribution in [0.25, 0.3) is 0 Å². The number of amides is 1. The molecule has 0 radical (unpaired) electrons. The van der Waals surface area contributed by atoms with Gasteiger partial charge in [0.05, 0.1) is 12.8 Å². The number of rotatable bonds is 5. The molecule has 2 aromatic rings. The van der Waals surface area contributed by atoms with Crippen LogP contribution in [0, 0.1) is 0 Å². The van der Waals surface area contributed by atoms with Gasteiger partial charge in [-0.1, -0.05) is 6.07 Å². The zero-order chi connectivity index (χ0) is 13.7. The molecule has 0 aliphatic heterocycles. The zero-order valence-electron chi connectivity index (χ0n) is 10.6. The molecule has 2 rings (SSSR count). The highest BCUT2D eigenvalue weighted by Gasteiger charge is 2.14. The number of hydrogen-bond donors (Lipinski definition) is 2. The normalized spacial score (nSPS) is 11.8. The molecule has 5 nitrogen and oxygen atoms in total. The Morgan fingerprint density at radius 1 is 1.42 bits per heavy atom. The molecule has 19 heavy (non-hydrogen) atoms. The van der Waals surface area contributed by atoms with E-state index < -0.39 is 6.10 Å². The van der Waals surface area contributed by atoms with Crippen molar-refractivity contribution in [1.29, 1.82) is 0 Å². The van der Waals surface area contributed by atoms with E-state index >= 15 is 0 Å². The van der Waals surface area contributed by atoms with Crippen LogP contribution in [0.3, 0.4) is 0 Å². The minimum atomic E-state index is -0.600. The zero-order valence-corrected chi connectivity index (χ0v) is 10.6. The molecule has 1 aromatic carbocycles. The number of hydrogen-bond acceptors (Lipinski definition) is 4. The molecule has 3 N–H and O–H groups in total. The van der Waals surface area contributed by atoms with Gasteiger partial charge in [-0.3, -0.25) is 4.79 Å². The summed E-state index contributed by atoms with van der Waals surface area (Å²) in [7, 11) is 0. The molecule has 0 aliphatic rings. The highest BCUT2D eigenvalue weighted by Crippen LogP contribution is 2.16. The molecule has 1 heterocycles. The Balaban J connectivity index is 1.85. The van der Waals surface area contributed by atoms with Gasteiger partial charge in [-0.05, 0) is 31.2 Å². The first kappa shape index (κ1) is 13.0. The van der Waals surface area contributed by atoms with E-state index in [4.69, 9.17) is 14.9 Å². The Bertz CT molecular complexity index is 537. The first-order valence-electron chi connectivity index (χ1n) is 5.97. The molecule has 1 amide bonds. The second kappa shape index (κ2) is 5.95. The predicted octanol–water partition coefficient (Wildman–Crippen LogP) is 1.95. The Kier molecular flexibility index (Phi) is 4.07. The van der Waals surface area contributed by atoms with Crippen molar-refractivity contribution in [2.24, 2.45) is 0 Å². The average Bonchev–Trinajstić information content (AvgIpc) is 2.89. The Hall–Kier alpha value is -2.43. The molecule has 0 saturated carbocycles. The molecule has 1 aromatic heterocycles. The quantitative estimate of drug-likeness (QED) is 0.805. The maximum atomic E-state index is 11.8. The minimum absolute atomic E-state index is 0.209. The van der Waals surface area contributed by atoms with Gasteiger partial charge in [0.25, 0.3) is 5.91 Å². The van der Waals surface area contributed by atoms with Crippen molar-refractivity contribution in [3.8, 4) is 5.75 Å². The fourth-order valence-corrected chi connectivity index (χ4v) is 1.58. The van der Waals surface area contributed by atoms with Crippen molar-refractivity contribution in [1.82, 2.24) is 5.32 Å². The van der Waals surface area contributed by atoms with E-state index in [1.165, 1.54) is 0 Å². The first-order chi connectivity index (χ1) is 9.15. The summed E-state index contributed by atoms with van der Waals surface area (Å²) >= 11 is 0. The van der Waals surface area contributed by atoms with Gasteiger partial charge in [-0.2, -0.15) is 0 Å². The van der Waals surface area contributed by atoms with Crippen LogP contribution in [0.1, 0.15) is 12.7 Å². The fourth-order valence-electron chi connectivity index (χ4n) is 1.58. The van der Waals surface area contributed by atoms with Gasteiger partial charge in [-0.15, -0.1) is 0 Å². The maximum Gasteiger partial charge on any atom is 0.261 e. The summed E-state index contributed by atoms with van der Waals surface area (Å²) < 4.78 is 10.6. The molecule has 0 aliphatic carbocycles. The van der Waals surface area contributed by atoms with E-state index in [1.807, 2.05) is 0 Å². The lowest BCUT2D eigenvalue weighted by atomic mass is 10.3. The largest absolute Gasteiger partial charge is 0.481 e. The molecule has 0 spiro atoms. The van der Waals surface area contributed by atoms with Crippen LogP contribution in [0.2, 0.25) is 0 Å². The third-order valence-electron chi connectivity index (χ3n) is 2.56. The average molecular weight is 260 g/mol. The van der Waals surface area contributed by atoms with Gasteiger partial charge in [0.2, 0.25) is 0 Å². The van der Waals surface area contributed by atoms with E-state index in [9.17, 15) is 4.79 Å². The molecule has 100 valence electrons. The summed E-state index contributed by atoms with van der Waals surface area (Å²) in [5.74, 6) is 1.06. The molecular weight excluding hydrogens is 244 g/mol. The van der Waals surface area contributed by atoms with E-state index in [-0.39, 0.29) is 5.91 Å². The van der Waals surface area contributed by atoms with Crippen LogP contribution in [-0.4, -0.2) is 12.0 Å². The van der Waals surface area contributed by atoms with Crippen LogP contribution in [0.4, 0.5) is 5.69 Å². The van der Waals surface area contributed by atoms with Crippen LogP contribution >= 0.6 is 0 Å². The summed E-state index contributed by atoms with van der Waals surface area (Å²) in [4.78, 5) is 11.8. The number of carbonyl (C=O) groups excluding carboxylic acids is 1. The molecular formula is C14H16N2O3. The van der Waals surface area contributed by atoms with Crippen LogP contribution in [0.5, 0.6) is 5.75 Å². The van der Waals surface area contributed by atoms with Gasteiger partial charge < -0.3 is 20.2 Å². The highest BCUT2D eigenvalue weighted by atomic mass is 16.5. The van der Waals surface area contributed by atoms with Crippen molar-refractivity contribution < 1.29 is 13.9 Å². The topological polar surface area (TPSA) is 77.5 Å². The Morgan fingerprint density at radius 3 is 2.95 bits per heavy atom. The number of nitrogens with two attached hydrogens (primary N) is 1. The second-order valence-electron chi connectivity index (χ2n) is 4.13. The molecule has 1 atom stereocenters. The fraction of sp³-hybridized carbons (Fsp3) is 0.214. The highest BCUT2D eigenvalue weighted by molar-refractivity contribution is 5.80. The Morgan fingerprint density at radius 2 is 2.26 bits per heavy atom. The summed E-state index contributed by atoms with van der Waals surface area (Å²) in [5, 5.41) is 2.73. The van der Waals surface area contributed by atoms with Crippen molar-refractivity contribution in [2.75, 3.05) is 5.73 Å². The van der Waals surface area contributed by atoms with E-state index in [2.05, 4.69) is 5.32 Å². The van der Waals surface area contributed by atoms with Crippen molar-refractivity contribution >= 4 is 11.6 Å². The lowest BCUT2D eigenvalue weighted by molar-refractivity contribution is -0.127. The smallest absolute Gasteiger partial charge is 0.261 e. The van der Waals surface area contributed by atoms with E-state index in [1.54, 1.807) is 49.6 Å². The van der Waals surface area contributed by atoms with E-state index in [0.717, 1.165) is 0 Å². The SMILES string of the molecule is C[C@H](Oc1cccc(N)c1)C(=O)NCc1ccco1. The third-order valence-corrected chi connectivity index (χ3v) is 2.56. The van der Waals surface area contributed by atoms with Crippen LogP contribution < -0.4 is 15.8 Å². The summed E-state index contributed by atoms with van der Waals surface area (Å²) in [6, 6.07) is 10.5. The summed E-state index contributed by atoms with van der Waals surface area (Å²) in [6.45, 7) is 2.02. The molecule has 0 fully saturated rings. The number of nitrogen functional groups attached to an aromatic ring is 1. The first-order valence-corrected chi connectivity index (χ1v) is 5.97. The predicted molar refractivity (Wildman–Crippen MR) is 71.5 cm³/mol. The van der Waals surface area contributed by atoms with Gasteiger partial charge in [0, 0.05) is 11.8 Å². The monoisotopic (exact) mass is 260 g/mol. The molecule has 5 heteroatoms. The number of furan rings is 1. The number of ether oxygens (including phenoxy) is 1. The lowest BCUT2D eigenvalue weighted by Gasteiger charge is -2.14. The van der Waals surface area contributed by atoms with Crippen LogP contribution in [0.15, 0.2) is 47.1 Å². The lowest BCUT2D eigenvalue weighted by Crippen LogP contribution is -2.35. The minimum Gasteiger partial charge on any atom is -0.481 e. The van der Waals surface area contributed by atoms with Crippen molar-refractivity contribution in [3.05, 3.63) is 48.4 Å². The van der Waals surface area contributed by atoms with Crippen molar-refractivity contribution in [3.63, 3.8) is 0 Å². The van der Waals surface area contributed by atoms with Gasteiger partial charge in [0.1, 0.15) is 11.5 Å². The molecule has 0 bridgehead atoms. The van der Waals surface area contributed by atoms with Gasteiger partial charge >= 0.3 is 0 Å². The number of anilines is 1. The molecule has 0 unspecified atom stereocenters. The summed E-state index contributed by atoms with van der Waals surface area (Å²) in [6.07, 6.45) is 0.963. The number of carbonyl (C=O) groups is 1. The van der Waals surface area contributed by atoms with Gasteiger partial charge in [-0.25, -0.2) is 0 Å². The number of benzene rings is 1. The van der Waals surface area contributed by atoms with Crippen molar-refractivity contribution in [2.45, 2.75) is 19.6 Å².